The maximum Gasteiger partial charge on any atom is 0.196 e. The number of anilines is 1. The Bertz CT molecular complexity index is 1090. The molecule has 2 aromatic carbocycles. The molecule has 3 aliphatic rings. The number of ether oxygens (including phenoxy) is 3. The second-order valence-corrected chi connectivity index (χ2v) is 10.6. The van der Waals surface area contributed by atoms with Gasteiger partial charge in [0.25, 0.3) is 0 Å². The van der Waals surface area contributed by atoms with E-state index in [2.05, 4.69) is 17.6 Å². The van der Waals surface area contributed by atoms with Crippen LogP contribution in [0.3, 0.4) is 0 Å². The number of hydrogen-bond acceptors (Lipinski definition) is 7. The molecule has 1 aliphatic carbocycles. The third-order valence-electron chi connectivity index (χ3n) is 7.86. The van der Waals surface area contributed by atoms with Gasteiger partial charge in [-0.2, -0.15) is 0 Å². The van der Waals surface area contributed by atoms with E-state index in [0.717, 1.165) is 75.3 Å². The maximum absolute atomic E-state index is 13.6. The average molecular weight is 508 g/mol. The molecule has 200 valence electrons. The first kappa shape index (κ1) is 25.9. The number of benzene rings is 2. The third kappa shape index (κ3) is 5.73. The van der Waals surface area contributed by atoms with Gasteiger partial charge in [-0.05, 0) is 89.0 Å². The highest BCUT2D eigenvalue weighted by molar-refractivity contribution is 6.26. The quantitative estimate of drug-likeness (QED) is 0.226. The average Bonchev–Trinajstić information content (AvgIpc) is 3.67. The van der Waals surface area contributed by atoms with Crippen LogP contribution in [0, 0.1) is 11.8 Å². The van der Waals surface area contributed by atoms with E-state index in [-0.39, 0.29) is 5.78 Å². The smallest absolute Gasteiger partial charge is 0.196 e. The number of nitrogen functional groups attached to an aromatic ring is 1. The number of nitrogens with two attached hydrogens (primary N) is 1. The van der Waals surface area contributed by atoms with Crippen LogP contribution in [-0.2, 0) is 0 Å². The van der Waals surface area contributed by atoms with E-state index >= 15 is 0 Å². The first-order chi connectivity index (χ1) is 18.2. The molecule has 0 spiro atoms. The Balaban J connectivity index is 1.36. The predicted molar refractivity (Wildman–Crippen MR) is 147 cm³/mol. The summed E-state index contributed by atoms with van der Waals surface area (Å²) in [6.07, 6.45) is 7.54. The Kier molecular flexibility index (Phi) is 8.52. The summed E-state index contributed by atoms with van der Waals surface area (Å²) >= 11 is 0. The van der Waals surface area contributed by atoms with E-state index < -0.39 is 0 Å². The standard InChI is InChI=1S/C30H41N3O4/c1-2-14-35-24-17-25(37-16-5-7-21-11-13-33-19-21)29(31)28-27(24)26-22(30(28)34)8-3-9-23(26)36-15-4-6-20-10-12-32-18-20/h3,8-9,17,20-21,32-33H,2,4-7,10-16,18-19,31H2,1H3. The van der Waals surface area contributed by atoms with Crippen LogP contribution in [-0.4, -0.2) is 51.8 Å². The fourth-order valence-electron chi connectivity index (χ4n) is 5.84. The van der Waals surface area contributed by atoms with E-state index in [1.807, 2.05) is 24.3 Å². The van der Waals surface area contributed by atoms with Crippen molar-refractivity contribution in [1.29, 1.82) is 0 Å². The predicted octanol–water partition coefficient (Wildman–Crippen LogP) is 4.81. The van der Waals surface area contributed by atoms with Gasteiger partial charge >= 0.3 is 0 Å². The third-order valence-corrected chi connectivity index (χ3v) is 7.86. The molecule has 0 saturated carbocycles. The van der Waals surface area contributed by atoms with Gasteiger partial charge in [-0.1, -0.05) is 19.1 Å². The minimum Gasteiger partial charge on any atom is -0.493 e. The molecule has 4 N–H and O–H groups in total. The normalized spacial score (nSPS) is 20.2. The summed E-state index contributed by atoms with van der Waals surface area (Å²) in [4.78, 5) is 13.6. The molecular formula is C30H41N3O4. The molecule has 7 nitrogen and oxygen atoms in total. The highest BCUT2D eigenvalue weighted by Crippen LogP contribution is 2.52. The Labute approximate surface area is 220 Å². The van der Waals surface area contributed by atoms with Gasteiger partial charge in [0.15, 0.2) is 5.78 Å². The van der Waals surface area contributed by atoms with Crippen LogP contribution in [0.4, 0.5) is 5.69 Å². The lowest BCUT2D eigenvalue weighted by molar-refractivity contribution is 0.104. The zero-order chi connectivity index (χ0) is 25.6. The summed E-state index contributed by atoms with van der Waals surface area (Å²) in [6, 6.07) is 7.55. The second-order valence-electron chi connectivity index (χ2n) is 10.6. The van der Waals surface area contributed by atoms with Crippen molar-refractivity contribution in [2.24, 2.45) is 11.8 Å². The van der Waals surface area contributed by atoms with Gasteiger partial charge in [0.1, 0.15) is 17.2 Å². The topological polar surface area (TPSA) is 94.8 Å². The fraction of sp³-hybridized carbons (Fsp3) is 0.567. The van der Waals surface area contributed by atoms with Crippen molar-refractivity contribution >= 4 is 11.5 Å². The summed E-state index contributed by atoms with van der Waals surface area (Å²) in [5.74, 6) is 3.25. The number of fused-ring (bicyclic) bond motifs is 3. The van der Waals surface area contributed by atoms with Crippen LogP contribution in [0.15, 0.2) is 24.3 Å². The van der Waals surface area contributed by atoms with Gasteiger partial charge < -0.3 is 30.6 Å². The first-order valence-electron chi connectivity index (χ1n) is 14.1. The van der Waals surface area contributed by atoms with Gasteiger partial charge in [0, 0.05) is 22.8 Å². The number of carbonyl (C=O) groups excluding carboxylic acids is 1. The number of rotatable bonds is 13. The van der Waals surface area contributed by atoms with E-state index in [1.54, 1.807) is 0 Å². The largest absolute Gasteiger partial charge is 0.493 e. The van der Waals surface area contributed by atoms with Gasteiger partial charge in [-0.15, -0.1) is 0 Å². The minimum atomic E-state index is -0.0891. The molecule has 2 saturated heterocycles. The Morgan fingerprint density at radius 2 is 1.49 bits per heavy atom. The van der Waals surface area contributed by atoms with Gasteiger partial charge in [-0.25, -0.2) is 0 Å². The van der Waals surface area contributed by atoms with E-state index in [0.29, 0.717) is 59.8 Å². The van der Waals surface area contributed by atoms with Crippen molar-refractivity contribution in [3.05, 3.63) is 35.4 Å². The highest BCUT2D eigenvalue weighted by atomic mass is 16.5. The molecule has 37 heavy (non-hydrogen) atoms. The fourth-order valence-corrected chi connectivity index (χ4v) is 5.84. The van der Waals surface area contributed by atoms with Crippen LogP contribution in [0.2, 0.25) is 0 Å². The van der Waals surface area contributed by atoms with E-state index in [9.17, 15) is 4.79 Å². The van der Waals surface area contributed by atoms with Crippen molar-refractivity contribution in [3.8, 4) is 28.4 Å². The van der Waals surface area contributed by atoms with Crippen LogP contribution < -0.4 is 30.6 Å². The zero-order valence-corrected chi connectivity index (χ0v) is 22.1. The zero-order valence-electron chi connectivity index (χ0n) is 22.1. The second kappa shape index (κ2) is 12.2. The van der Waals surface area contributed by atoms with Crippen molar-refractivity contribution in [1.82, 2.24) is 10.6 Å². The summed E-state index contributed by atoms with van der Waals surface area (Å²) in [5, 5.41) is 6.84. The molecular weight excluding hydrogens is 466 g/mol. The minimum absolute atomic E-state index is 0.0891. The number of hydrogen-bond donors (Lipinski definition) is 3. The van der Waals surface area contributed by atoms with Crippen molar-refractivity contribution < 1.29 is 19.0 Å². The Morgan fingerprint density at radius 1 is 0.838 bits per heavy atom. The van der Waals surface area contributed by atoms with Gasteiger partial charge in [0.2, 0.25) is 0 Å². The summed E-state index contributed by atoms with van der Waals surface area (Å²) in [5.41, 5.74) is 9.61. The van der Waals surface area contributed by atoms with E-state index in [1.165, 1.54) is 12.8 Å². The number of carbonyl (C=O) groups is 1. The van der Waals surface area contributed by atoms with E-state index in [4.69, 9.17) is 19.9 Å². The van der Waals surface area contributed by atoms with Crippen LogP contribution in [0.5, 0.6) is 17.2 Å². The molecule has 5 rings (SSSR count). The molecule has 2 aromatic rings. The molecule has 0 radical (unpaired) electrons. The molecule has 2 fully saturated rings. The van der Waals surface area contributed by atoms with Crippen molar-refractivity contribution in [2.45, 2.75) is 51.9 Å². The Hall–Kier alpha value is -2.77. The van der Waals surface area contributed by atoms with Gasteiger partial charge in [0.05, 0.1) is 31.1 Å². The molecule has 0 bridgehead atoms. The van der Waals surface area contributed by atoms with Crippen LogP contribution in [0.25, 0.3) is 11.1 Å². The lowest BCUT2D eigenvalue weighted by atomic mass is 10.0. The van der Waals surface area contributed by atoms with Crippen molar-refractivity contribution in [2.75, 3.05) is 51.7 Å². The number of ketones is 1. The monoisotopic (exact) mass is 507 g/mol. The summed E-state index contributed by atoms with van der Waals surface area (Å²) in [6.45, 7) is 8.21. The molecule has 2 unspecified atom stereocenters. The highest BCUT2D eigenvalue weighted by Gasteiger charge is 2.36. The molecule has 7 heteroatoms. The number of nitrogens with one attached hydrogen (secondary N) is 2. The first-order valence-corrected chi connectivity index (χ1v) is 14.1. The van der Waals surface area contributed by atoms with Crippen molar-refractivity contribution in [3.63, 3.8) is 0 Å². The van der Waals surface area contributed by atoms with Crippen LogP contribution in [0.1, 0.15) is 67.8 Å². The SMILES string of the molecule is CCCOc1cc(OCCCC2CCNC2)c(N)c2c1-c1c(OCCCC3CCNC3)cccc1C2=O. The maximum atomic E-state index is 13.6. The summed E-state index contributed by atoms with van der Waals surface area (Å²) in [7, 11) is 0. The molecule has 2 heterocycles. The molecule has 0 aromatic heterocycles. The molecule has 2 aliphatic heterocycles. The van der Waals surface area contributed by atoms with Crippen LogP contribution >= 0.6 is 0 Å². The summed E-state index contributed by atoms with van der Waals surface area (Å²) < 4.78 is 18.6. The Morgan fingerprint density at radius 3 is 2.11 bits per heavy atom. The van der Waals surface area contributed by atoms with Gasteiger partial charge in [-0.3, -0.25) is 4.79 Å². The molecule has 2 atom stereocenters. The lowest BCUT2D eigenvalue weighted by Crippen LogP contribution is -2.11. The lowest BCUT2D eigenvalue weighted by Gasteiger charge is -2.18. The molecule has 0 amide bonds.